The van der Waals surface area contributed by atoms with E-state index in [1.54, 1.807) is 19.9 Å². The molecule has 0 amide bonds. The van der Waals surface area contributed by atoms with Crippen LogP contribution in [0.2, 0.25) is 0 Å². The van der Waals surface area contributed by atoms with Gasteiger partial charge in [0.05, 0.1) is 34.0 Å². The summed E-state index contributed by atoms with van der Waals surface area (Å²) in [5.41, 5.74) is 4.68. The second kappa shape index (κ2) is 10.6. The number of aliphatic carboxylic acids is 1. The smallest absolute Gasteiger partial charge is 0.310 e. The number of sulfonamides is 1. The highest BCUT2D eigenvalue weighted by molar-refractivity contribution is 7.89. The first-order chi connectivity index (χ1) is 19.2. The molecular weight excluding hydrogens is 558 g/mol. The van der Waals surface area contributed by atoms with E-state index in [4.69, 9.17) is 4.98 Å². The van der Waals surface area contributed by atoms with Crippen molar-refractivity contribution in [3.8, 4) is 0 Å². The van der Waals surface area contributed by atoms with Gasteiger partial charge in [-0.25, -0.2) is 18.1 Å². The Morgan fingerprint density at radius 1 is 1.20 bits per heavy atom. The van der Waals surface area contributed by atoms with Crippen molar-refractivity contribution in [1.82, 2.24) is 24.3 Å². The quantitative estimate of drug-likeness (QED) is 0.301. The third-order valence-electron chi connectivity index (χ3n) is 8.27. The number of benzene rings is 2. The van der Waals surface area contributed by atoms with Gasteiger partial charge in [0.2, 0.25) is 10.0 Å². The number of fused-ring (bicyclic) bond motifs is 2. The Balaban J connectivity index is 1.58. The van der Waals surface area contributed by atoms with Gasteiger partial charge < -0.3 is 5.11 Å². The molecule has 0 spiro atoms. The lowest BCUT2D eigenvalue weighted by Gasteiger charge is -2.30. The van der Waals surface area contributed by atoms with Gasteiger partial charge in [0.1, 0.15) is 10.5 Å². The van der Waals surface area contributed by atoms with E-state index in [0.29, 0.717) is 35.1 Å². The highest BCUT2D eigenvalue weighted by Crippen LogP contribution is 2.45. The third kappa shape index (κ3) is 5.08. The van der Waals surface area contributed by atoms with Crippen molar-refractivity contribution < 1.29 is 18.3 Å². The zero-order chi connectivity index (χ0) is 29.9. The van der Waals surface area contributed by atoms with Crippen LogP contribution in [0.3, 0.4) is 0 Å². The molecule has 1 N–H and O–H groups in total. The van der Waals surface area contributed by atoms with E-state index in [9.17, 15) is 18.3 Å². The summed E-state index contributed by atoms with van der Waals surface area (Å²) in [4.78, 5) is 18.8. The molecule has 5 rings (SSSR count). The summed E-state index contributed by atoms with van der Waals surface area (Å²) in [6, 6.07) is 9.42. The van der Waals surface area contributed by atoms with Crippen LogP contribution >= 0.6 is 11.3 Å². The minimum atomic E-state index is -3.73. The first-order valence-electron chi connectivity index (χ1n) is 13.9. The van der Waals surface area contributed by atoms with Crippen molar-refractivity contribution in [2.75, 3.05) is 6.54 Å². The average molecular weight is 596 g/mol. The number of carbonyl (C=O) groups is 1. The highest BCUT2D eigenvalue weighted by Gasteiger charge is 2.42. The number of rotatable bonds is 7. The summed E-state index contributed by atoms with van der Waals surface area (Å²) in [6.07, 6.45) is 0.688. The van der Waals surface area contributed by atoms with Gasteiger partial charge in [-0.15, -0.1) is 16.4 Å². The van der Waals surface area contributed by atoms with Crippen molar-refractivity contribution in [3.05, 3.63) is 68.2 Å². The normalized spacial score (nSPS) is 18.3. The van der Waals surface area contributed by atoms with Crippen molar-refractivity contribution in [3.63, 3.8) is 0 Å². The molecule has 0 unspecified atom stereocenters. The monoisotopic (exact) mass is 595 g/mol. The molecule has 9 nitrogen and oxygen atoms in total. The van der Waals surface area contributed by atoms with Gasteiger partial charge in [-0.3, -0.25) is 4.79 Å². The van der Waals surface area contributed by atoms with Crippen LogP contribution in [0, 0.1) is 32.1 Å². The summed E-state index contributed by atoms with van der Waals surface area (Å²) >= 11 is 1.43. The Labute approximate surface area is 245 Å². The van der Waals surface area contributed by atoms with E-state index in [2.05, 4.69) is 17.2 Å². The maximum atomic E-state index is 13.8. The fourth-order valence-electron chi connectivity index (χ4n) is 5.86. The first-order valence-corrected chi connectivity index (χ1v) is 16.1. The molecule has 0 saturated heterocycles. The second-order valence-electron chi connectivity index (χ2n) is 11.8. The minimum absolute atomic E-state index is 0.130. The molecule has 4 aromatic rings. The van der Waals surface area contributed by atoms with E-state index in [1.807, 2.05) is 56.6 Å². The molecule has 1 aliphatic rings. The zero-order valence-corrected chi connectivity index (χ0v) is 26.2. The van der Waals surface area contributed by atoms with Gasteiger partial charge in [-0.1, -0.05) is 35.9 Å². The predicted octanol–water partition coefficient (Wildman–Crippen LogP) is 5.46. The van der Waals surface area contributed by atoms with Gasteiger partial charge in [-0.05, 0) is 82.7 Å². The minimum Gasteiger partial charge on any atom is -0.481 e. The van der Waals surface area contributed by atoms with Crippen LogP contribution < -0.4 is 0 Å². The molecule has 0 bridgehead atoms. The van der Waals surface area contributed by atoms with Crippen molar-refractivity contribution in [2.24, 2.45) is 11.3 Å². The molecule has 218 valence electrons. The van der Waals surface area contributed by atoms with Gasteiger partial charge >= 0.3 is 5.97 Å². The van der Waals surface area contributed by atoms with Crippen molar-refractivity contribution in [2.45, 2.75) is 78.8 Å². The molecule has 41 heavy (non-hydrogen) atoms. The standard InChI is InChI=1S/C30H37N5O4S2/c1-8-35-24-11-10-22(19(4)27(24)32-33-35)26(30(6,7)29(36)37)28-31-23(20(5)40-28)16-34-15-18(3)14-21-13-17(2)9-12-25(21)41(34,38)39/h9-13,18,26H,8,14-16H2,1-7H3,(H,36,37)/t18-,26+/m0/s1. The van der Waals surface area contributed by atoms with Crippen LogP contribution in [0.15, 0.2) is 35.2 Å². The zero-order valence-electron chi connectivity index (χ0n) is 24.6. The van der Waals surface area contributed by atoms with Gasteiger partial charge in [0.25, 0.3) is 0 Å². The lowest BCUT2D eigenvalue weighted by molar-refractivity contribution is -0.147. The molecule has 3 heterocycles. The molecule has 0 fully saturated rings. The lowest BCUT2D eigenvalue weighted by Crippen LogP contribution is -2.33. The number of hydrogen-bond acceptors (Lipinski definition) is 7. The van der Waals surface area contributed by atoms with Gasteiger partial charge in [-0.2, -0.15) is 4.31 Å². The topological polar surface area (TPSA) is 118 Å². The van der Waals surface area contributed by atoms with Crippen LogP contribution in [0.25, 0.3) is 11.0 Å². The van der Waals surface area contributed by atoms with Gasteiger partial charge in [0.15, 0.2) is 0 Å². The Hall–Kier alpha value is -3.15. The van der Waals surface area contributed by atoms with Crippen LogP contribution in [0.1, 0.15) is 71.4 Å². The van der Waals surface area contributed by atoms with Crippen molar-refractivity contribution >= 4 is 38.4 Å². The summed E-state index contributed by atoms with van der Waals surface area (Å²) in [5, 5.41) is 19.6. The van der Waals surface area contributed by atoms with E-state index >= 15 is 0 Å². The average Bonchev–Trinajstić information content (AvgIpc) is 3.45. The number of nitrogens with zero attached hydrogens (tertiary/aromatic N) is 5. The summed E-state index contributed by atoms with van der Waals surface area (Å²) < 4.78 is 31.0. The number of aryl methyl sites for hydroxylation is 4. The number of aromatic nitrogens is 4. The SMILES string of the molecule is CCn1nnc2c(C)c([C@H](c3nc(CN4C[C@@H](C)Cc5cc(C)ccc5S4(=O)=O)c(C)s3)C(C)(C)C(=O)O)ccc21. The van der Waals surface area contributed by atoms with E-state index in [-0.39, 0.29) is 12.5 Å². The Morgan fingerprint density at radius 2 is 1.93 bits per heavy atom. The fourth-order valence-corrected chi connectivity index (χ4v) is 8.84. The highest BCUT2D eigenvalue weighted by atomic mass is 32.2. The van der Waals surface area contributed by atoms with Crippen LogP contribution in [-0.2, 0) is 34.3 Å². The number of carboxylic acids is 1. The molecule has 11 heteroatoms. The summed E-state index contributed by atoms with van der Waals surface area (Å²) in [5.74, 6) is -1.38. The third-order valence-corrected chi connectivity index (χ3v) is 11.3. The molecule has 0 radical (unpaired) electrons. The van der Waals surface area contributed by atoms with Gasteiger partial charge in [0, 0.05) is 18.0 Å². The molecule has 0 saturated carbocycles. The molecule has 2 aromatic carbocycles. The van der Waals surface area contributed by atoms with E-state index in [1.165, 1.54) is 15.6 Å². The van der Waals surface area contributed by atoms with Crippen LogP contribution in [0.5, 0.6) is 0 Å². The maximum Gasteiger partial charge on any atom is 0.310 e. The van der Waals surface area contributed by atoms with Crippen LogP contribution in [0.4, 0.5) is 0 Å². The molecule has 2 aromatic heterocycles. The number of thiazole rings is 1. The molecule has 0 aliphatic carbocycles. The predicted molar refractivity (Wildman–Crippen MR) is 160 cm³/mol. The maximum absolute atomic E-state index is 13.8. The Bertz CT molecular complexity index is 1760. The largest absolute Gasteiger partial charge is 0.481 e. The summed E-state index contributed by atoms with van der Waals surface area (Å²) in [7, 11) is -3.73. The van der Waals surface area contributed by atoms with E-state index in [0.717, 1.165) is 38.2 Å². The van der Waals surface area contributed by atoms with Crippen LogP contribution in [-0.4, -0.2) is 50.3 Å². The Kier molecular flexibility index (Phi) is 7.59. The second-order valence-corrected chi connectivity index (χ2v) is 14.9. The van der Waals surface area contributed by atoms with E-state index < -0.39 is 27.3 Å². The Morgan fingerprint density at radius 3 is 2.61 bits per heavy atom. The first kappa shape index (κ1) is 29.3. The number of carboxylic acid groups (broad SMARTS) is 1. The molecular formula is C30H37N5O4S2. The number of hydrogen-bond donors (Lipinski definition) is 1. The fraction of sp³-hybridized carbons (Fsp3) is 0.467. The molecule has 1 aliphatic heterocycles. The molecule has 2 atom stereocenters. The summed E-state index contributed by atoms with van der Waals surface area (Å²) in [6.45, 7) is 14.5. The van der Waals surface area contributed by atoms with Crippen molar-refractivity contribution in [1.29, 1.82) is 0 Å². The lowest BCUT2D eigenvalue weighted by atomic mass is 9.74.